The zero-order chi connectivity index (χ0) is 14.9. The number of pyridine rings is 1. The Balaban J connectivity index is 1.43. The quantitative estimate of drug-likeness (QED) is 0.809. The molecular weight excluding hydrogens is 298 g/mol. The lowest BCUT2D eigenvalue weighted by Gasteiger charge is -2.16. The van der Waals surface area contributed by atoms with Gasteiger partial charge in [-0.15, -0.1) is 11.3 Å². The zero-order valence-electron chi connectivity index (χ0n) is 11.9. The fourth-order valence-electron chi connectivity index (χ4n) is 2.75. The Hall–Kier alpha value is -2.34. The van der Waals surface area contributed by atoms with Crippen LogP contribution in [0.2, 0.25) is 0 Å². The summed E-state index contributed by atoms with van der Waals surface area (Å²) in [6.45, 7) is 1.33. The Bertz CT molecular complexity index is 767. The number of fused-ring (bicyclic) bond motifs is 1. The average Bonchev–Trinajstić information content (AvgIpc) is 3.22. The van der Waals surface area contributed by atoms with Crippen LogP contribution in [0.25, 0.3) is 10.2 Å². The number of ether oxygens (including phenoxy) is 1. The maximum atomic E-state index is 12.5. The van der Waals surface area contributed by atoms with Crippen LogP contribution >= 0.6 is 11.3 Å². The maximum absolute atomic E-state index is 12.5. The molecule has 0 saturated carbocycles. The first-order chi connectivity index (χ1) is 10.8. The summed E-state index contributed by atoms with van der Waals surface area (Å²) < 4.78 is 6.99. The fourth-order valence-corrected chi connectivity index (χ4v) is 3.53. The number of carbonyl (C=O) groups is 1. The largest absolute Gasteiger partial charge is 0.487 e. The molecule has 1 saturated heterocycles. The fraction of sp³-hybridized carbons (Fsp3) is 0.250. The molecule has 22 heavy (non-hydrogen) atoms. The molecule has 5 nitrogen and oxygen atoms in total. The van der Waals surface area contributed by atoms with Gasteiger partial charge in [-0.1, -0.05) is 0 Å². The molecule has 112 valence electrons. The van der Waals surface area contributed by atoms with Crippen molar-refractivity contribution >= 4 is 27.5 Å². The average molecular weight is 313 g/mol. The topological polar surface area (TPSA) is 58.2 Å². The van der Waals surface area contributed by atoms with Crippen molar-refractivity contribution in [2.45, 2.75) is 12.5 Å². The van der Waals surface area contributed by atoms with Gasteiger partial charge in [0.1, 0.15) is 17.5 Å². The summed E-state index contributed by atoms with van der Waals surface area (Å²) in [7, 11) is 0. The SMILES string of the molecule is O=C(c1cc2sccc2[nH]1)N1CCC(Oc2cccnc2)C1. The van der Waals surface area contributed by atoms with Gasteiger partial charge in [0, 0.05) is 19.2 Å². The van der Waals surface area contributed by atoms with Gasteiger partial charge in [-0.2, -0.15) is 0 Å². The van der Waals surface area contributed by atoms with Crippen molar-refractivity contribution < 1.29 is 9.53 Å². The minimum absolute atomic E-state index is 0.0317. The zero-order valence-corrected chi connectivity index (χ0v) is 12.7. The van der Waals surface area contributed by atoms with Crippen molar-refractivity contribution in [3.8, 4) is 5.75 Å². The van der Waals surface area contributed by atoms with Gasteiger partial charge in [0.15, 0.2) is 0 Å². The van der Waals surface area contributed by atoms with Crippen LogP contribution in [0.3, 0.4) is 0 Å². The smallest absolute Gasteiger partial charge is 0.270 e. The molecule has 0 spiro atoms. The summed E-state index contributed by atoms with van der Waals surface area (Å²) in [4.78, 5) is 21.6. The highest BCUT2D eigenvalue weighted by molar-refractivity contribution is 7.17. The Morgan fingerprint density at radius 1 is 1.45 bits per heavy atom. The maximum Gasteiger partial charge on any atom is 0.270 e. The molecule has 4 rings (SSSR count). The minimum atomic E-state index is 0.0317. The molecule has 1 amide bonds. The number of nitrogens with zero attached hydrogens (tertiary/aromatic N) is 2. The molecule has 0 bridgehead atoms. The number of hydrogen-bond donors (Lipinski definition) is 1. The summed E-state index contributed by atoms with van der Waals surface area (Å²) in [5.74, 6) is 0.794. The first kappa shape index (κ1) is 13.3. The van der Waals surface area contributed by atoms with Crippen molar-refractivity contribution in [3.05, 3.63) is 47.7 Å². The molecule has 1 aliphatic rings. The number of thiophene rings is 1. The first-order valence-corrected chi connectivity index (χ1v) is 8.10. The lowest BCUT2D eigenvalue weighted by Crippen LogP contribution is -2.31. The molecule has 3 aromatic heterocycles. The number of likely N-dealkylation sites (tertiary alicyclic amines) is 1. The van der Waals surface area contributed by atoms with E-state index in [4.69, 9.17) is 4.74 Å². The highest BCUT2D eigenvalue weighted by Crippen LogP contribution is 2.24. The molecule has 3 aromatic rings. The number of aromatic amines is 1. The number of amides is 1. The van der Waals surface area contributed by atoms with Crippen LogP contribution in [-0.2, 0) is 0 Å². The van der Waals surface area contributed by atoms with Crippen LogP contribution in [0.4, 0.5) is 0 Å². The Morgan fingerprint density at radius 3 is 3.23 bits per heavy atom. The van der Waals surface area contributed by atoms with Crippen molar-refractivity contribution in [2.24, 2.45) is 0 Å². The first-order valence-electron chi connectivity index (χ1n) is 7.22. The molecule has 0 aliphatic carbocycles. The van der Waals surface area contributed by atoms with E-state index >= 15 is 0 Å². The Labute approximate surface area is 131 Å². The van der Waals surface area contributed by atoms with E-state index < -0.39 is 0 Å². The summed E-state index contributed by atoms with van der Waals surface area (Å²) >= 11 is 1.64. The van der Waals surface area contributed by atoms with Crippen molar-refractivity contribution in [3.63, 3.8) is 0 Å². The normalized spacial score (nSPS) is 18.0. The lowest BCUT2D eigenvalue weighted by molar-refractivity contribution is 0.0767. The summed E-state index contributed by atoms with van der Waals surface area (Å²) in [5.41, 5.74) is 1.68. The summed E-state index contributed by atoms with van der Waals surface area (Å²) in [6.07, 6.45) is 4.29. The van der Waals surface area contributed by atoms with Gasteiger partial charge in [0.25, 0.3) is 5.91 Å². The van der Waals surface area contributed by atoms with E-state index in [-0.39, 0.29) is 12.0 Å². The molecule has 1 fully saturated rings. The van der Waals surface area contributed by atoms with Crippen LogP contribution in [0.1, 0.15) is 16.9 Å². The monoisotopic (exact) mass is 313 g/mol. The third-order valence-corrected chi connectivity index (χ3v) is 4.70. The summed E-state index contributed by atoms with van der Waals surface area (Å²) in [6, 6.07) is 7.65. The van der Waals surface area contributed by atoms with Gasteiger partial charge in [-0.25, -0.2) is 0 Å². The molecule has 6 heteroatoms. The highest BCUT2D eigenvalue weighted by Gasteiger charge is 2.29. The van der Waals surface area contributed by atoms with Crippen molar-refractivity contribution in [1.29, 1.82) is 0 Å². The van der Waals surface area contributed by atoms with E-state index in [0.717, 1.165) is 28.9 Å². The molecule has 0 radical (unpaired) electrons. The Kier molecular flexibility index (Phi) is 3.31. The van der Waals surface area contributed by atoms with Gasteiger partial charge in [-0.05, 0) is 29.6 Å². The molecular formula is C16H15N3O2S. The van der Waals surface area contributed by atoms with E-state index in [1.165, 1.54) is 0 Å². The van der Waals surface area contributed by atoms with Crippen LogP contribution < -0.4 is 4.74 Å². The number of nitrogens with one attached hydrogen (secondary N) is 1. The van der Waals surface area contributed by atoms with Gasteiger partial charge in [0.05, 0.1) is 23.0 Å². The van der Waals surface area contributed by atoms with Crippen LogP contribution in [0.15, 0.2) is 42.0 Å². The van der Waals surface area contributed by atoms with Crippen LogP contribution in [0, 0.1) is 0 Å². The third kappa shape index (κ3) is 2.46. The van der Waals surface area contributed by atoms with Crippen LogP contribution in [0.5, 0.6) is 5.75 Å². The molecule has 1 N–H and O–H groups in total. The van der Waals surface area contributed by atoms with Crippen molar-refractivity contribution in [1.82, 2.24) is 14.9 Å². The molecule has 4 heterocycles. The number of H-pyrrole nitrogens is 1. The number of aromatic nitrogens is 2. The molecule has 1 atom stereocenters. The molecule has 1 aliphatic heterocycles. The highest BCUT2D eigenvalue weighted by atomic mass is 32.1. The van der Waals surface area contributed by atoms with Gasteiger partial charge in [0.2, 0.25) is 0 Å². The van der Waals surface area contributed by atoms with E-state index in [0.29, 0.717) is 12.2 Å². The molecule has 1 unspecified atom stereocenters. The standard InChI is InChI=1S/C16H15N3O2S/c20-16(14-8-15-13(18-14)4-7-22-15)19-6-3-12(10-19)21-11-2-1-5-17-9-11/h1-2,4-5,7-9,12,18H,3,6,10H2. The second-order valence-electron chi connectivity index (χ2n) is 5.35. The van der Waals surface area contributed by atoms with Gasteiger partial charge >= 0.3 is 0 Å². The summed E-state index contributed by atoms with van der Waals surface area (Å²) in [5, 5.41) is 2.02. The second-order valence-corrected chi connectivity index (χ2v) is 6.30. The van der Waals surface area contributed by atoms with Crippen LogP contribution in [-0.4, -0.2) is 40.0 Å². The third-order valence-electron chi connectivity index (χ3n) is 3.84. The molecule has 0 aromatic carbocycles. The number of rotatable bonds is 3. The van der Waals surface area contributed by atoms with E-state index in [1.807, 2.05) is 34.5 Å². The lowest BCUT2D eigenvalue weighted by atomic mass is 10.3. The van der Waals surface area contributed by atoms with E-state index in [1.54, 1.807) is 23.7 Å². The van der Waals surface area contributed by atoms with Gasteiger partial charge in [-0.3, -0.25) is 9.78 Å². The minimum Gasteiger partial charge on any atom is -0.487 e. The van der Waals surface area contributed by atoms with Crippen molar-refractivity contribution in [2.75, 3.05) is 13.1 Å². The predicted molar refractivity (Wildman–Crippen MR) is 85.3 cm³/mol. The Morgan fingerprint density at radius 2 is 2.41 bits per heavy atom. The van der Waals surface area contributed by atoms with Gasteiger partial charge < -0.3 is 14.6 Å². The van der Waals surface area contributed by atoms with E-state index in [9.17, 15) is 4.79 Å². The number of hydrogen-bond acceptors (Lipinski definition) is 4. The van der Waals surface area contributed by atoms with E-state index in [2.05, 4.69) is 9.97 Å². The predicted octanol–water partition coefficient (Wildman–Crippen LogP) is 2.92. The second kappa shape index (κ2) is 5.46. The number of carbonyl (C=O) groups excluding carboxylic acids is 1.